The van der Waals surface area contributed by atoms with Crippen LogP contribution in [0.1, 0.15) is 0 Å². The number of carbonyl (C=O) groups is 2. The second-order valence-electron chi connectivity index (χ2n) is 5.15. The number of hydrogen-bond acceptors (Lipinski definition) is 4. The lowest BCUT2D eigenvalue weighted by atomic mass is 10.3. The Hall–Kier alpha value is -3.28. The third kappa shape index (κ3) is 5.60. The molecule has 0 bridgehead atoms. The lowest BCUT2D eigenvalue weighted by Gasteiger charge is -2.11. The number of nitrogens with two attached hydrogens (primary N) is 1. The Morgan fingerprint density at radius 1 is 0.815 bits per heavy atom. The van der Waals surface area contributed by atoms with Crippen molar-refractivity contribution in [3.8, 4) is 0 Å². The van der Waals surface area contributed by atoms with Gasteiger partial charge >= 0.3 is 18.1 Å². The van der Waals surface area contributed by atoms with E-state index in [1.807, 2.05) is 0 Å². The maximum Gasteiger partial charge on any atom is 0.471 e. The number of primary amides is 1. The number of carbonyl (C=O) groups excluding carboxylic acids is 2. The predicted octanol–water partition coefficient (Wildman–Crippen LogP) is 2.48. The summed E-state index contributed by atoms with van der Waals surface area (Å²) in [6.45, 7) is 0. The van der Waals surface area contributed by atoms with E-state index in [0.29, 0.717) is 5.69 Å². The van der Waals surface area contributed by atoms with Gasteiger partial charge in [0.1, 0.15) is 0 Å². The van der Waals surface area contributed by atoms with Crippen LogP contribution >= 0.6 is 0 Å². The second kappa shape index (κ2) is 7.53. The Kier molecular flexibility index (Phi) is 5.59. The molecule has 0 aromatic heterocycles. The summed E-state index contributed by atoms with van der Waals surface area (Å²) in [6, 6.07) is 8.93. The minimum absolute atomic E-state index is 0.180. The molecule has 2 aromatic carbocycles. The van der Waals surface area contributed by atoms with E-state index >= 15 is 0 Å². The van der Waals surface area contributed by atoms with E-state index in [0.717, 1.165) is 24.3 Å². The normalized spacial score (nSPS) is 11.5. The number of halogens is 3. The van der Waals surface area contributed by atoms with E-state index in [1.54, 1.807) is 5.32 Å². The first-order valence-electron chi connectivity index (χ1n) is 7.15. The van der Waals surface area contributed by atoms with Crippen LogP contribution in [0.3, 0.4) is 0 Å². The molecule has 0 aliphatic rings. The van der Waals surface area contributed by atoms with Gasteiger partial charge in [-0.25, -0.2) is 13.2 Å². The highest BCUT2D eigenvalue weighted by Crippen LogP contribution is 2.22. The number of rotatable bonds is 5. The van der Waals surface area contributed by atoms with Crippen LogP contribution in [0.5, 0.6) is 0 Å². The molecular weight excluding hydrogens is 389 g/mol. The van der Waals surface area contributed by atoms with Gasteiger partial charge < -0.3 is 16.4 Å². The van der Waals surface area contributed by atoms with Crippen molar-refractivity contribution in [2.45, 2.75) is 11.1 Å². The number of anilines is 3. The van der Waals surface area contributed by atoms with Crippen molar-refractivity contribution in [3.05, 3.63) is 48.5 Å². The molecule has 144 valence electrons. The first kappa shape index (κ1) is 20.0. The van der Waals surface area contributed by atoms with Crippen molar-refractivity contribution < 1.29 is 31.2 Å². The van der Waals surface area contributed by atoms with Crippen LogP contribution in [-0.4, -0.2) is 26.5 Å². The Balaban J connectivity index is 2.10. The molecule has 27 heavy (non-hydrogen) atoms. The monoisotopic (exact) mass is 402 g/mol. The molecule has 2 aromatic rings. The van der Waals surface area contributed by atoms with Gasteiger partial charge in [0.25, 0.3) is 10.0 Å². The fourth-order valence-corrected chi connectivity index (χ4v) is 2.96. The molecule has 0 atom stereocenters. The molecule has 0 unspecified atom stereocenters. The van der Waals surface area contributed by atoms with Gasteiger partial charge in [0.05, 0.1) is 4.90 Å². The summed E-state index contributed by atoms with van der Waals surface area (Å²) in [5, 5.41) is 3.91. The number of hydrogen-bond donors (Lipinski definition) is 4. The van der Waals surface area contributed by atoms with Crippen LogP contribution in [0.4, 0.5) is 35.0 Å². The van der Waals surface area contributed by atoms with E-state index in [2.05, 4.69) is 10.0 Å². The summed E-state index contributed by atoms with van der Waals surface area (Å²) in [6.07, 6.45) is -5.05. The molecule has 5 N–H and O–H groups in total. The average molecular weight is 402 g/mol. The van der Waals surface area contributed by atoms with Gasteiger partial charge in [-0.1, -0.05) is 0 Å². The lowest BCUT2D eigenvalue weighted by molar-refractivity contribution is -0.167. The molecule has 0 saturated heterocycles. The van der Waals surface area contributed by atoms with Crippen molar-refractivity contribution in [2.75, 3.05) is 15.4 Å². The SMILES string of the molecule is NC(=O)Nc1ccc(NS(=O)(=O)c2ccc(NC(=O)C(F)(F)F)cc2)cc1. The van der Waals surface area contributed by atoms with E-state index in [-0.39, 0.29) is 16.3 Å². The summed E-state index contributed by atoms with van der Waals surface area (Å²) in [5.41, 5.74) is 5.28. The zero-order valence-corrected chi connectivity index (χ0v) is 14.2. The summed E-state index contributed by atoms with van der Waals surface area (Å²) < 4.78 is 63.4. The zero-order valence-electron chi connectivity index (χ0n) is 13.4. The number of benzene rings is 2. The molecule has 0 aliphatic carbocycles. The molecule has 0 radical (unpaired) electrons. The number of urea groups is 1. The Morgan fingerprint density at radius 2 is 1.26 bits per heavy atom. The second-order valence-corrected chi connectivity index (χ2v) is 6.83. The maximum absolute atomic E-state index is 12.3. The highest BCUT2D eigenvalue weighted by Gasteiger charge is 2.38. The Morgan fingerprint density at radius 3 is 1.74 bits per heavy atom. The van der Waals surface area contributed by atoms with Crippen molar-refractivity contribution in [1.29, 1.82) is 0 Å². The molecule has 0 aliphatic heterocycles. The van der Waals surface area contributed by atoms with Crippen LogP contribution in [0, 0.1) is 0 Å². The maximum atomic E-state index is 12.3. The van der Waals surface area contributed by atoms with Gasteiger partial charge in [0.2, 0.25) is 0 Å². The fourth-order valence-electron chi connectivity index (χ4n) is 1.90. The number of nitrogens with one attached hydrogen (secondary N) is 3. The molecule has 2 rings (SSSR count). The first-order valence-corrected chi connectivity index (χ1v) is 8.63. The quantitative estimate of drug-likeness (QED) is 0.612. The van der Waals surface area contributed by atoms with Gasteiger partial charge in [0, 0.05) is 17.1 Å². The van der Waals surface area contributed by atoms with Crippen molar-refractivity contribution >= 4 is 39.0 Å². The van der Waals surface area contributed by atoms with E-state index < -0.39 is 28.1 Å². The molecule has 8 nitrogen and oxygen atoms in total. The van der Waals surface area contributed by atoms with Crippen molar-refractivity contribution in [3.63, 3.8) is 0 Å². The summed E-state index contributed by atoms with van der Waals surface area (Å²) in [4.78, 5) is 21.3. The zero-order chi connectivity index (χ0) is 20.2. The number of sulfonamides is 1. The fraction of sp³-hybridized carbons (Fsp3) is 0.0667. The van der Waals surface area contributed by atoms with Gasteiger partial charge in [-0.3, -0.25) is 9.52 Å². The largest absolute Gasteiger partial charge is 0.471 e. The van der Waals surface area contributed by atoms with Crippen LogP contribution in [0.25, 0.3) is 0 Å². The van der Waals surface area contributed by atoms with E-state index in [9.17, 15) is 31.2 Å². The molecule has 0 saturated carbocycles. The van der Waals surface area contributed by atoms with E-state index in [1.165, 1.54) is 24.3 Å². The highest BCUT2D eigenvalue weighted by atomic mass is 32.2. The van der Waals surface area contributed by atoms with Crippen molar-refractivity contribution in [1.82, 2.24) is 0 Å². The molecule has 3 amide bonds. The lowest BCUT2D eigenvalue weighted by Crippen LogP contribution is -2.29. The first-order chi connectivity index (χ1) is 12.5. The van der Waals surface area contributed by atoms with Gasteiger partial charge in [-0.15, -0.1) is 0 Å². The summed E-state index contributed by atoms with van der Waals surface area (Å²) in [7, 11) is -4.02. The third-order valence-corrected chi connectivity index (χ3v) is 4.48. The molecule has 0 spiro atoms. The average Bonchev–Trinajstić information content (AvgIpc) is 2.55. The minimum Gasteiger partial charge on any atom is -0.351 e. The predicted molar refractivity (Wildman–Crippen MR) is 91.6 cm³/mol. The van der Waals surface area contributed by atoms with Crippen LogP contribution in [0.15, 0.2) is 53.4 Å². The number of alkyl halides is 3. The summed E-state index contributed by atoms with van der Waals surface area (Å²) in [5.74, 6) is -2.17. The number of amides is 3. The van der Waals surface area contributed by atoms with Gasteiger partial charge in [-0.2, -0.15) is 13.2 Å². The van der Waals surface area contributed by atoms with Gasteiger partial charge in [0.15, 0.2) is 0 Å². The van der Waals surface area contributed by atoms with Crippen LogP contribution < -0.4 is 21.1 Å². The molecule has 12 heteroatoms. The van der Waals surface area contributed by atoms with Crippen molar-refractivity contribution in [2.24, 2.45) is 5.73 Å². The third-order valence-electron chi connectivity index (χ3n) is 3.08. The Bertz CT molecular complexity index is 943. The topological polar surface area (TPSA) is 130 Å². The van der Waals surface area contributed by atoms with Gasteiger partial charge in [-0.05, 0) is 48.5 Å². The Labute approximate surface area is 151 Å². The van der Waals surface area contributed by atoms with Crippen LogP contribution in [0.2, 0.25) is 0 Å². The smallest absolute Gasteiger partial charge is 0.351 e. The molecule has 0 fully saturated rings. The van der Waals surface area contributed by atoms with Crippen LogP contribution in [-0.2, 0) is 14.8 Å². The summed E-state index contributed by atoms with van der Waals surface area (Å²) >= 11 is 0. The molecular formula is C15H13F3N4O4S. The molecule has 0 heterocycles. The standard InChI is InChI=1S/C15H13F3N4O4S/c16-15(17,18)13(23)20-9-5-7-12(8-6-9)27(25,26)22-11-3-1-10(2-4-11)21-14(19)24/h1-8,22H,(H,20,23)(H3,19,21,24). The van der Waals surface area contributed by atoms with E-state index in [4.69, 9.17) is 5.73 Å². The minimum atomic E-state index is -5.05. The highest BCUT2D eigenvalue weighted by molar-refractivity contribution is 7.92.